The highest BCUT2D eigenvalue weighted by atomic mass is 79.9. The monoisotopic (exact) mass is 420 g/mol. The molecule has 0 aliphatic heterocycles. The molecule has 0 aliphatic carbocycles. The van der Waals surface area contributed by atoms with Crippen molar-refractivity contribution in [3.63, 3.8) is 0 Å². The average Bonchev–Trinajstić information content (AvgIpc) is 3.24. The number of para-hydroxylation sites is 1. The first-order valence-corrected chi connectivity index (χ1v) is 8.92. The van der Waals surface area contributed by atoms with Crippen LogP contribution in [-0.4, -0.2) is 16.7 Å². The van der Waals surface area contributed by atoms with Gasteiger partial charge < -0.3 is 8.98 Å². The summed E-state index contributed by atoms with van der Waals surface area (Å²) in [5.41, 5.74) is 4.87. The number of nitrogens with one attached hydrogen (secondary N) is 1. The molecule has 4 rings (SSSR count). The van der Waals surface area contributed by atoms with E-state index in [0.717, 1.165) is 26.3 Å². The number of carbonyl (C=O) groups is 1. The van der Waals surface area contributed by atoms with Crippen molar-refractivity contribution in [1.29, 1.82) is 5.26 Å². The smallest absolute Gasteiger partial charge is 0.307 e. The predicted molar refractivity (Wildman–Crippen MR) is 107 cm³/mol. The van der Waals surface area contributed by atoms with Gasteiger partial charge in [0, 0.05) is 32.5 Å². The summed E-state index contributed by atoms with van der Waals surface area (Å²) in [6, 6.07) is 17.0. The number of amides is 1. The van der Waals surface area contributed by atoms with Crippen LogP contribution in [0.3, 0.4) is 0 Å². The minimum absolute atomic E-state index is 0.187. The molecule has 0 aliphatic rings. The van der Waals surface area contributed by atoms with Crippen LogP contribution >= 0.6 is 15.9 Å². The molecule has 0 unspecified atom stereocenters. The first kappa shape index (κ1) is 17.1. The molecule has 0 radical (unpaired) electrons. The zero-order valence-electron chi connectivity index (χ0n) is 14.0. The van der Waals surface area contributed by atoms with Crippen molar-refractivity contribution in [3.05, 3.63) is 70.5 Å². The average molecular weight is 421 g/mol. The van der Waals surface area contributed by atoms with Gasteiger partial charge in [-0.15, -0.1) is 0 Å². The van der Waals surface area contributed by atoms with E-state index >= 15 is 0 Å². The molecule has 0 fully saturated rings. The molecular formula is C20H13BrN4O2. The van der Waals surface area contributed by atoms with Gasteiger partial charge >= 0.3 is 5.91 Å². The lowest BCUT2D eigenvalue weighted by Crippen LogP contribution is -2.16. The molecule has 1 N–H and O–H groups in total. The lowest BCUT2D eigenvalue weighted by atomic mass is 10.2. The Kier molecular flexibility index (Phi) is 4.48. The van der Waals surface area contributed by atoms with Crippen molar-refractivity contribution < 1.29 is 9.21 Å². The van der Waals surface area contributed by atoms with E-state index < -0.39 is 5.91 Å². The van der Waals surface area contributed by atoms with Gasteiger partial charge in [0.25, 0.3) is 0 Å². The maximum absolute atomic E-state index is 12.3. The quantitative estimate of drug-likeness (QED) is 0.391. The first-order valence-electron chi connectivity index (χ1n) is 8.13. The maximum Gasteiger partial charge on any atom is 0.307 e. The number of fused-ring (bicyclic) bond motifs is 2. The molecular weight excluding hydrogens is 408 g/mol. The van der Waals surface area contributed by atoms with Crippen molar-refractivity contribution >= 4 is 49.9 Å². The zero-order chi connectivity index (χ0) is 18.8. The second-order valence-corrected chi connectivity index (χ2v) is 6.80. The van der Waals surface area contributed by atoms with Crippen LogP contribution in [0.1, 0.15) is 16.1 Å². The van der Waals surface area contributed by atoms with Gasteiger partial charge in [-0.1, -0.05) is 34.1 Å². The molecule has 0 spiro atoms. The predicted octanol–water partition coefficient (Wildman–Crippen LogP) is 4.44. The fourth-order valence-electron chi connectivity index (χ4n) is 2.93. The largest absolute Gasteiger partial charge is 0.451 e. The Morgan fingerprint density at radius 3 is 3.00 bits per heavy atom. The van der Waals surface area contributed by atoms with E-state index in [1.807, 2.05) is 47.2 Å². The minimum atomic E-state index is -0.431. The highest BCUT2D eigenvalue weighted by Crippen LogP contribution is 2.23. The SMILES string of the molecule is N#CCn1cc(/C=N/NC(=O)c2cc3cc(Br)ccc3o2)c2ccccc21. The molecule has 0 atom stereocenters. The van der Waals surface area contributed by atoms with E-state index in [2.05, 4.69) is 32.5 Å². The highest BCUT2D eigenvalue weighted by Gasteiger charge is 2.12. The Bertz CT molecular complexity index is 1230. The number of furan rings is 1. The topological polar surface area (TPSA) is 83.3 Å². The number of aromatic nitrogens is 1. The number of carbonyl (C=O) groups excluding carboxylic acids is 1. The van der Waals surface area contributed by atoms with Gasteiger partial charge in [0.1, 0.15) is 12.1 Å². The van der Waals surface area contributed by atoms with Crippen LogP contribution in [-0.2, 0) is 6.54 Å². The van der Waals surface area contributed by atoms with Gasteiger partial charge in [0.05, 0.1) is 12.3 Å². The van der Waals surface area contributed by atoms with Crippen molar-refractivity contribution in [2.75, 3.05) is 0 Å². The van der Waals surface area contributed by atoms with E-state index in [9.17, 15) is 4.79 Å². The van der Waals surface area contributed by atoms with E-state index in [-0.39, 0.29) is 12.3 Å². The van der Waals surface area contributed by atoms with Crippen LogP contribution in [0.25, 0.3) is 21.9 Å². The van der Waals surface area contributed by atoms with Gasteiger partial charge in [-0.2, -0.15) is 10.4 Å². The van der Waals surface area contributed by atoms with Gasteiger partial charge in [0.15, 0.2) is 5.76 Å². The molecule has 132 valence electrons. The Morgan fingerprint density at radius 2 is 2.15 bits per heavy atom. The molecule has 0 saturated heterocycles. The Morgan fingerprint density at radius 1 is 1.30 bits per heavy atom. The molecule has 6 nitrogen and oxygen atoms in total. The Hall–Kier alpha value is -3.37. The van der Waals surface area contributed by atoms with E-state index in [1.54, 1.807) is 18.3 Å². The van der Waals surface area contributed by atoms with Crippen LogP contribution in [0.2, 0.25) is 0 Å². The van der Waals surface area contributed by atoms with E-state index in [0.29, 0.717) is 5.58 Å². The summed E-state index contributed by atoms with van der Waals surface area (Å²) >= 11 is 3.39. The van der Waals surface area contributed by atoms with Crippen molar-refractivity contribution in [3.8, 4) is 6.07 Å². The lowest BCUT2D eigenvalue weighted by Gasteiger charge is -1.96. The summed E-state index contributed by atoms with van der Waals surface area (Å²) in [6.07, 6.45) is 3.40. The first-order chi connectivity index (χ1) is 13.2. The third-order valence-corrected chi connectivity index (χ3v) is 4.63. The molecule has 0 bridgehead atoms. The molecule has 4 aromatic rings. The third kappa shape index (κ3) is 3.35. The number of benzene rings is 2. The number of hydrogen-bond acceptors (Lipinski definition) is 4. The molecule has 7 heteroatoms. The normalized spacial score (nSPS) is 11.3. The zero-order valence-corrected chi connectivity index (χ0v) is 15.6. The van der Waals surface area contributed by atoms with E-state index in [1.165, 1.54) is 0 Å². The summed E-state index contributed by atoms with van der Waals surface area (Å²) < 4.78 is 8.30. The molecule has 0 saturated carbocycles. The molecule has 2 aromatic carbocycles. The minimum Gasteiger partial charge on any atom is -0.451 e. The number of hydrazone groups is 1. The number of hydrogen-bond donors (Lipinski definition) is 1. The standard InChI is InChI=1S/C20H13BrN4O2/c21-15-5-6-18-13(9-15)10-19(27-18)20(26)24-23-11-14-12-25(8-7-22)17-4-2-1-3-16(14)17/h1-6,9-12H,8H2,(H,24,26)/b23-11+. The van der Waals surface area contributed by atoms with Crippen LogP contribution in [0, 0.1) is 11.3 Å². The van der Waals surface area contributed by atoms with Crippen LogP contribution in [0.15, 0.2) is 68.7 Å². The Labute approximate surface area is 162 Å². The number of rotatable bonds is 4. The number of nitriles is 1. The van der Waals surface area contributed by atoms with Gasteiger partial charge in [0.2, 0.25) is 0 Å². The molecule has 2 aromatic heterocycles. The highest BCUT2D eigenvalue weighted by molar-refractivity contribution is 9.10. The summed E-state index contributed by atoms with van der Waals surface area (Å²) in [7, 11) is 0. The Balaban J connectivity index is 1.55. The van der Waals surface area contributed by atoms with Crippen LogP contribution < -0.4 is 5.43 Å². The summed E-state index contributed by atoms with van der Waals surface area (Å²) in [5.74, 6) is -0.244. The second kappa shape index (κ2) is 7.09. The summed E-state index contributed by atoms with van der Waals surface area (Å²) in [4.78, 5) is 12.3. The van der Waals surface area contributed by atoms with Gasteiger partial charge in [-0.05, 0) is 30.3 Å². The van der Waals surface area contributed by atoms with Crippen molar-refractivity contribution in [1.82, 2.24) is 9.99 Å². The molecule has 2 heterocycles. The van der Waals surface area contributed by atoms with E-state index in [4.69, 9.17) is 9.68 Å². The van der Waals surface area contributed by atoms with Crippen molar-refractivity contribution in [2.45, 2.75) is 6.54 Å². The summed E-state index contributed by atoms with van der Waals surface area (Å²) in [6.45, 7) is 0.245. The number of halogens is 1. The molecule has 1 amide bonds. The van der Waals surface area contributed by atoms with Crippen LogP contribution in [0.4, 0.5) is 0 Å². The van der Waals surface area contributed by atoms with Gasteiger partial charge in [-0.3, -0.25) is 4.79 Å². The summed E-state index contributed by atoms with van der Waals surface area (Å²) in [5, 5.41) is 14.8. The third-order valence-electron chi connectivity index (χ3n) is 4.13. The number of nitrogens with zero attached hydrogens (tertiary/aromatic N) is 3. The fourth-order valence-corrected chi connectivity index (χ4v) is 3.31. The molecule has 27 heavy (non-hydrogen) atoms. The van der Waals surface area contributed by atoms with Gasteiger partial charge in [-0.25, -0.2) is 5.43 Å². The maximum atomic E-state index is 12.3. The second-order valence-electron chi connectivity index (χ2n) is 5.88. The van der Waals surface area contributed by atoms with Crippen LogP contribution in [0.5, 0.6) is 0 Å². The fraction of sp³-hybridized carbons (Fsp3) is 0.0500. The lowest BCUT2D eigenvalue weighted by molar-refractivity contribution is 0.0929. The van der Waals surface area contributed by atoms with Crippen molar-refractivity contribution in [2.24, 2.45) is 5.10 Å².